The minimum Gasteiger partial charge on any atom is -0.0616 e. The Morgan fingerprint density at radius 1 is 0.188 bits per heavy atom. The van der Waals surface area contributed by atoms with Gasteiger partial charge in [-0.2, -0.15) is 0 Å². The van der Waals surface area contributed by atoms with Gasteiger partial charge in [0.2, 0.25) is 0 Å². The van der Waals surface area contributed by atoms with Crippen LogP contribution < -0.4 is 0 Å². The third-order valence-electron chi connectivity index (χ3n) is 13.7. The van der Waals surface area contributed by atoms with E-state index in [1.54, 1.807) is 0 Å². The first kappa shape index (κ1) is 51.1. The van der Waals surface area contributed by atoms with Crippen molar-refractivity contribution in [2.75, 3.05) is 0 Å². The first-order valence-corrected chi connectivity index (χ1v) is 24.5. The van der Waals surface area contributed by atoms with Crippen LogP contribution in [0.15, 0.2) is 72.8 Å². The molecular weight excluding hydrogens is 769 g/mol. The molecule has 0 aliphatic rings. The molecule has 0 unspecified atom stereocenters. The maximum Gasteiger partial charge on any atom is -0.00607 e. The smallest absolute Gasteiger partial charge is 0.00607 e. The average Bonchev–Trinajstić information content (AvgIpc) is 3.11. The fraction of sp³-hybridized carbons (Fsp3) is 0.531. The summed E-state index contributed by atoms with van der Waals surface area (Å²) in [7, 11) is 0. The average molecular weight is 859 g/mol. The van der Waals surface area contributed by atoms with Crippen LogP contribution in [0.2, 0.25) is 0 Å². The fourth-order valence-corrected chi connectivity index (χ4v) is 10.5. The van der Waals surface area contributed by atoms with E-state index in [1.807, 2.05) is 0 Å². The summed E-state index contributed by atoms with van der Waals surface area (Å²) in [6.45, 7) is 63.1. The summed E-state index contributed by atoms with van der Waals surface area (Å²) in [4.78, 5) is 0. The summed E-state index contributed by atoms with van der Waals surface area (Å²) in [5, 5.41) is 0. The molecule has 0 saturated carbocycles. The molecule has 0 N–H and O–H groups in total. The second-order valence-corrected chi connectivity index (χ2v) is 27.7. The third-order valence-corrected chi connectivity index (χ3v) is 13.7. The summed E-state index contributed by atoms with van der Waals surface area (Å²) < 4.78 is 0. The monoisotopic (exact) mass is 859 g/mol. The van der Waals surface area contributed by atoms with Crippen molar-refractivity contribution in [3.8, 4) is 44.5 Å². The summed E-state index contributed by atoms with van der Waals surface area (Å²) in [6.07, 6.45) is 0. The molecule has 0 saturated heterocycles. The molecule has 5 aromatic carbocycles. The summed E-state index contributed by atoms with van der Waals surface area (Å²) in [6, 6.07) is 28.8. The summed E-state index contributed by atoms with van der Waals surface area (Å²) >= 11 is 0. The highest BCUT2D eigenvalue weighted by Crippen LogP contribution is 2.58. The topological polar surface area (TPSA) is 0 Å². The maximum absolute atomic E-state index is 2.52. The van der Waals surface area contributed by atoms with Gasteiger partial charge >= 0.3 is 0 Å². The zero-order chi connectivity index (χ0) is 48.9. The summed E-state index contributed by atoms with van der Waals surface area (Å²) in [5.74, 6) is 0. The van der Waals surface area contributed by atoms with E-state index in [9.17, 15) is 0 Å². The molecule has 5 aromatic rings. The predicted molar refractivity (Wildman–Crippen MR) is 287 cm³/mol. The molecule has 0 radical (unpaired) electrons. The van der Waals surface area contributed by atoms with Gasteiger partial charge in [0, 0.05) is 0 Å². The van der Waals surface area contributed by atoms with E-state index >= 15 is 0 Å². The van der Waals surface area contributed by atoms with Crippen molar-refractivity contribution in [2.45, 2.75) is 223 Å². The van der Waals surface area contributed by atoms with E-state index in [0.29, 0.717) is 0 Å². The van der Waals surface area contributed by atoms with Crippen LogP contribution in [0.1, 0.15) is 222 Å². The number of benzene rings is 5. The standard InChI is InChI=1S/C64H90/c1-39-49(53-41(57(3,4)5)31-27-32-42(53)58(6,7)8)51(55-45(61(15,16)17)35-29-36-46(55)62(18,19)20)40(2)52(56-47(63(21,22)23)37-30-38-48(56)64(24,25)26)50(39)54-43(59(9,10)11)33-28-34-44(54)60(12,13)14/h27-38H,1-26H3. The molecule has 0 heteroatoms. The molecule has 0 aromatic heterocycles. The number of hydrogen-bond donors (Lipinski definition) is 0. The molecule has 0 heterocycles. The van der Waals surface area contributed by atoms with E-state index in [4.69, 9.17) is 0 Å². The molecular formula is C64H90. The SMILES string of the molecule is Cc1c(-c2c(C(C)(C)C)cccc2C(C)(C)C)c(-c2c(C(C)(C)C)cccc2C(C)(C)C)c(C)c(-c2c(C(C)(C)C)cccc2C(C)(C)C)c1-c1c(C(C)(C)C)cccc1C(C)(C)C. The van der Waals surface area contributed by atoms with Crippen molar-refractivity contribution in [2.24, 2.45) is 0 Å². The Labute approximate surface area is 394 Å². The van der Waals surface area contributed by atoms with Gasteiger partial charge in [-0.15, -0.1) is 0 Å². The highest BCUT2D eigenvalue weighted by atomic mass is 14.4. The Bertz CT molecular complexity index is 2050. The molecule has 0 fully saturated rings. The van der Waals surface area contributed by atoms with E-state index in [0.717, 1.165) is 0 Å². The van der Waals surface area contributed by atoms with Gasteiger partial charge in [0.05, 0.1) is 0 Å². The molecule has 0 amide bonds. The van der Waals surface area contributed by atoms with E-state index in [2.05, 4.69) is 253 Å². The minimum absolute atomic E-state index is 0.123. The Kier molecular flexibility index (Phi) is 13.1. The highest BCUT2D eigenvalue weighted by molar-refractivity contribution is 6.05. The molecule has 0 aliphatic carbocycles. The van der Waals surface area contributed by atoms with Crippen molar-refractivity contribution in [3.05, 3.63) is 128 Å². The van der Waals surface area contributed by atoms with Gasteiger partial charge in [-0.3, -0.25) is 0 Å². The zero-order valence-corrected chi connectivity index (χ0v) is 45.9. The Balaban J connectivity index is 2.47. The van der Waals surface area contributed by atoms with Crippen molar-refractivity contribution in [1.29, 1.82) is 0 Å². The highest BCUT2D eigenvalue weighted by Gasteiger charge is 2.39. The first-order valence-electron chi connectivity index (χ1n) is 24.5. The number of hydrogen-bond acceptors (Lipinski definition) is 0. The number of rotatable bonds is 4. The third kappa shape index (κ3) is 9.65. The Hall–Kier alpha value is -3.90. The molecule has 0 spiro atoms. The van der Waals surface area contributed by atoms with Gasteiger partial charge in [0.25, 0.3) is 0 Å². The first-order chi connectivity index (χ1) is 28.7. The van der Waals surface area contributed by atoms with Gasteiger partial charge in [-0.05, 0) is 157 Å². The van der Waals surface area contributed by atoms with E-state index < -0.39 is 0 Å². The van der Waals surface area contributed by atoms with E-state index in [1.165, 1.54) is 100 Å². The lowest BCUT2D eigenvalue weighted by Crippen LogP contribution is -2.24. The molecule has 0 bridgehead atoms. The largest absolute Gasteiger partial charge is 0.0616 e. The van der Waals surface area contributed by atoms with Crippen LogP contribution >= 0.6 is 0 Å². The maximum atomic E-state index is 2.52. The van der Waals surface area contributed by atoms with Crippen LogP contribution in [0.3, 0.4) is 0 Å². The van der Waals surface area contributed by atoms with Crippen LogP contribution in [0.25, 0.3) is 44.5 Å². The molecule has 0 nitrogen and oxygen atoms in total. The Morgan fingerprint density at radius 2 is 0.297 bits per heavy atom. The van der Waals surface area contributed by atoms with Gasteiger partial charge in [0.1, 0.15) is 0 Å². The van der Waals surface area contributed by atoms with Crippen LogP contribution in [-0.4, -0.2) is 0 Å². The van der Waals surface area contributed by atoms with Gasteiger partial charge < -0.3 is 0 Å². The lowest BCUT2D eigenvalue weighted by molar-refractivity contribution is 0.569. The predicted octanol–water partition coefficient (Wildman–Crippen LogP) is 19.4. The second-order valence-electron chi connectivity index (χ2n) is 27.7. The minimum atomic E-state index is -0.123. The molecule has 64 heavy (non-hydrogen) atoms. The molecule has 5 rings (SSSR count). The van der Waals surface area contributed by atoms with Crippen LogP contribution in [0.4, 0.5) is 0 Å². The van der Waals surface area contributed by atoms with E-state index in [-0.39, 0.29) is 43.3 Å². The van der Waals surface area contributed by atoms with Crippen LogP contribution in [0, 0.1) is 13.8 Å². The van der Waals surface area contributed by atoms with Gasteiger partial charge in [-0.1, -0.05) is 239 Å². The fourth-order valence-electron chi connectivity index (χ4n) is 10.5. The summed E-state index contributed by atoms with van der Waals surface area (Å²) in [5.41, 5.74) is 24.1. The lowest BCUT2D eigenvalue weighted by atomic mass is 9.64. The van der Waals surface area contributed by atoms with Crippen LogP contribution in [0.5, 0.6) is 0 Å². The Morgan fingerprint density at radius 3 is 0.391 bits per heavy atom. The molecule has 0 atom stereocenters. The van der Waals surface area contributed by atoms with Crippen molar-refractivity contribution < 1.29 is 0 Å². The second kappa shape index (κ2) is 16.5. The normalized spacial score (nSPS) is 13.8. The van der Waals surface area contributed by atoms with Gasteiger partial charge in [0.15, 0.2) is 0 Å². The zero-order valence-electron chi connectivity index (χ0n) is 45.9. The van der Waals surface area contributed by atoms with Crippen molar-refractivity contribution in [3.63, 3.8) is 0 Å². The van der Waals surface area contributed by atoms with Crippen molar-refractivity contribution >= 4 is 0 Å². The molecule has 0 aliphatic heterocycles. The quantitative estimate of drug-likeness (QED) is 0.169. The molecule has 346 valence electrons. The van der Waals surface area contributed by atoms with Gasteiger partial charge in [-0.25, -0.2) is 0 Å². The lowest BCUT2D eigenvalue weighted by Gasteiger charge is -2.39. The van der Waals surface area contributed by atoms with Crippen molar-refractivity contribution in [1.82, 2.24) is 0 Å². The van der Waals surface area contributed by atoms with Crippen LogP contribution in [-0.2, 0) is 43.3 Å².